The molecular formula is C24H27NO4S. The zero-order chi connectivity index (χ0) is 22.0. The van der Waals surface area contributed by atoms with Gasteiger partial charge >= 0.3 is 0 Å². The molecule has 0 aliphatic rings. The smallest absolute Gasteiger partial charge is 0.225 e. The summed E-state index contributed by atoms with van der Waals surface area (Å²) < 4.78 is 29.9. The van der Waals surface area contributed by atoms with Crippen LogP contribution in [0.2, 0.25) is 0 Å². The first kappa shape index (κ1) is 23.2. The largest absolute Gasteiger partial charge is 0.481 e. The zero-order valence-corrected chi connectivity index (χ0v) is 18.2. The molecule has 6 heteroatoms. The van der Waals surface area contributed by atoms with Crippen molar-refractivity contribution in [2.24, 2.45) is 0 Å². The van der Waals surface area contributed by atoms with Crippen LogP contribution in [0, 0.1) is 11.8 Å². The quantitative estimate of drug-likeness (QED) is 0.494. The molecule has 0 aliphatic carbocycles. The van der Waals surface area contributed by atoms with E-state index in [1.807, 2.05) is 30.3 Å². The van der Waals surface area contributed by atoms with E-state index in [1.54, 1.807) is 38.1 Å². The van der Waals surface area contributed by atoms with Crippen molar-refractivity contribution in [3.63, 3.8) is 0 Å². The van der Waals surface area contributed by atoms with Crippen LogP contribution < -0.4 is 10.1 Å². The van der Waals surface area contributed by atoms with Crippen molar-refractivity contribution < 1.29 is 17.9 Å². The Kier molecular flexibility index (Phi) is 8.70. The van der Waals surface area contributed by atoms with Crippen LogP contribution in [0.15, 0.2) is 66.1 Å². The fourth-order valence-electron chi connectivity index (χ4n) is 2.66. The molecule has 0 unspecified atom stereocenters. The molecule has 0 aromatic heterocycles. The summed E-state index contributed by atoms with van der Waals surface area (Å²) in [7, 11) is -3.31. The van der Waals surface area contributed by atoms with Gasteiger partial charge in [-0.3, -0.25) is 4.79 Å². The first-order valence-corrected chi connectivity index (χ1v) is 11.3. The zero-order valence-electron chi connectivity index (χ0n) is 17.4. The molecule has 0 aliphatic heterocycles. The highest BCUT2D eigenvalue weighted by atomic mass is 32.2. The van der Waals surface area contributed by atoms with E-state index in [2.05, 4.69) is 23.7 Å². The molecule has 0 radical (unpaired) electrons. The minimum atomic E-state index is -3.31. The molecule has 2 aromatic rings. The predicted molar refractivity (Wildman–Crippen MR) is 119 cm³/mol. The number of benzene rings is 2. The second kappa shape index (κ2) is 11.2. The lowest BCUT2D eigenvalue weighted by atomic mass is 10.1. The second-order valence-electron chi connectivity index (χ2n) is 6.93. The van der Waals surface area contributed by atoms with Gasteiger partial charge in [-0.05, 0) is 49.6 Å². The molecule has 0 spiro atoms. The van der Waals surface area contributed by atoms with Crippen LogP contribution in [-0.4, -0.2) is 32.7 Å². The van der Waals surface area contributed by atoms with Gasteiger partial charge in [-0.2, -0.15) is 0 Å². The highest BCUT2D eigenvalue weighted by molar-refractivity contribution is 7.92. The van der Waals surface area contributed by atoms with Gasteiger partial charge in [0.2, 0.25) is 5.91 Å². The highest BCUT2D eigenvalue weighted by Crippen LogP contribution is 2.18. The van der Waals surface area contributed by atoms with Crippen LogP contribution in [0.25, 0.3) is 0 Å². The van der Waals surface area contributed by atoms with Gasteiger partial charge in [0, 0.05) is 0 Å². The average Bonchev–Trinajstić information content (AvgIpc) is 2.72. The van der Waals surface area contributed by atoms with Crippen molar-refractivity contribution in [3.8, 4) is 17.6 Å². The monoisotopic (exact) mass is 425 g/mol. The van der Waals surface area contributed by atoms with Crippen molar-refractivity contribution in [2.75, 3.05) is 13.2 Å². The van der Waals surface area contributed by atoms with Crippen LogP contribution in [0.3, 0.4) is 0 Å². The van der Waals surface area contributed by atoms with E-state index in [1.165, 1.54) is 0 Å². The van der Waals surface area contributed by atoms with Gasteiger partial charge in [0.25, 0.3) is 0 Å². The summed E-state index contributed by atoms with van der Waals surface area (Å²) in [5, 5.41) is 2.24. The van der Waals surface area contributed by atoms with Gasteiger partial charge < -0.3 is 10.1 Å². The summed E-state index contributed by atoms with van der Waals surface area (Å²) in [6, 6.07) is 14.1. The normalized spacial score (nSPS) is 10.8. The van der Waals surface area contributed by atoms with Crippen LogP contribution >= 0.6 is 0 Å². The van der Waals surface area contributed by atoms with Crippen molar-refractivity contribution in [3.05, 3.63) is 72.3 Å². The summed E-state index contributed by atoms with van der Waals surface area (Å²) in [4.78, 5) is 12.3. The van der Waals surface area contributed by atoms with Gasteiger partial charge in [0.15, 0.2) is 9.84 Å². The number of amides is 1. The lowest BCUT2D eigenvalue weighted by Gasteiger charge is -2.08. The molecule has 0 saturated heterocycles. The molecule has 0 fully saturated rings. The third-order valence-corrected chi connectivity index (χ3v) is 6.54. The Morgan fingerprint density at radius 1 is 1.13 bits per heavy atom. The fourth-order valence-corrected chi connectivity index (χ4v) is 3.72. The van der Waals surface area contributed by atoms with Gasteiger partial charge in [-0.1, -0.05) is 48.2 Å². The fraction of sp³-hybridized carbons (Fsp3) is 0.292. The molecule has 1 amide bonds. The van der Waals surface area contributed by atoms with E-state index in [9.17, 15) is 13.2 Å². The molecule has 158 valence electrons. The molecule has 0 saturated carbocycles. The molecule has 30 heavy (non-hydrogen) atoms. The summed E-state index contributed by atoms with van der Waals surface area (Å²) >= 11 is 0. The maximum Gasteiger partial charge on any atom is 0.225 e. The molecule has 5 nitrogen and oxygen atoms in total. The van der Waals surface area contributed by atoms with Crippen LogP contribution in [-0.2, 0) is 27.5 Å². The maximum atomic E-state index is 12.1. The number of carbonyl (C=O) groups excluding carboxylic acids is 1. The van der Waals surface area contributed by atoms with Crippen LogP contribution in [0.5, 0.6) is 5.75 Å². The van der Waals surface area contributed by atoms with Gasteiger partial charge in [-0.15, -0.1) is 6.58 Å². The Morgan fingerprint density at radius 2 is 1.83 bits per heavy atom. The van der Waals surface area contributed by atoms with E-state index in [-0.39, 0.29) is 30.4 Å². The Balaban J connectivity index is 1.78. The second-order valence-corrected chi connectivity index (χ2v) is 9.44. The van der Waals surface area contributed by atoms with E-state index in [0.29, 0.717) is 0 Å². The Labute approximate surface area is 179 Å². The third kappa shape index (κ3) is 6.78. The first-order valence-electron chi connectivity index (χ1n) is 9.71. The van der Waals surface area contributed by atoms with Crippen molar-refractivity contribution in [1.29, 1.82) is 0 Å². The first-order chi connectivity index (χ1) is 14.3. The number of nitrogens with one attached hydrogen (secondary N) is 1. The molecule has 1 N–H and O–H groups in total. The number of para-hydroxylation sites is 1. The minimum absolute atomic E-state index is 0.162. The van der Waals surface area contributed by atoms with E-state index in [4.69, 9.17) is 4.74 Å². The van der Waals surface area contributed by atoms with E-state index >= 15 is 0 Å². The number of allylic oxidation sites excluding steroid dienone is 1. The summed E-state index contributed by atoms with van der Waals surface area (Å²) in [5.41, 5.74) is 1.79. The van der Waals surface area contributed by atoms with E-state index < -0.39 is 15.1 Å². The van der Waals surface area contributed by atoms with Gasteiger partial charge in [-0.25, -0.2) is 8.42 Å². The molecule has 0 heterocycles. The van der Waals surface area contributed by atoms with E-state index in [0.717, 1.165) is 23.3 Å². The standard InChI is InChI=1S/C24H27NO4S/c1-4-9-21-10-5-6-11-23(21)29-17-8-7-16-25-24(26)18-20-12-14-22(15-13-20)30(27,28)19(2)3/h4-6,10-15,19H,1,9,16-18H2,2-3H3,(H,25,26). The highest BCUT2D eigenvalue weighted by Gasteiger charge is 2.18. The van der Waals surface area contributed by atoms with Crippen LogP contribution in [0.1, 0.15) is 25.0 Å². The molecule has 0 atom stereocenters. The SMILES string of the molecule is C=CCc1ccccc1OCC#CCNC(=O)Cc1ccc(S(=O)(=O)C(C)C)cc1. The average molecular weight is 426 g/mol. The van der Waals surface area contributed by atoms with Crippen molar-refractivity contribution in [1.82, 2.24) is 5.32 Å². The van der Waals surface area contributed by atoms with Crippen molar-refractivity contribution >= 4 is 15.7 Å². The number of hydrogen-bond donors (Lipinski definition) is 1. The predicted octanol–water partition coefficient (Wildman–Crippen LogP) is 3.34. The number of ether oxygens (including phenoxy) is 1. The lowest BCUT2D eigenvalue weighted by molar-refractivity contribution is -0.120. The molecule has 2 rings (SSSR count). The summed E-state index contributed by atoms with van der Waals surface area (Å²) in [6.07, 6.45) is 2.71. The molecule has 2 aromatic carbocycles. The third-order valence-electron chi connectivity index (χ3n) is 4.37. The molecular weight excluding hydrogens is 398 g/mol. The van der Waals surface area contributed by atoms with Crippen LogP contribution in [0.4, 0.5) is 0 Å². The minimum Gasteiger partial charge on any atom is -0.481 e. The van der Waals surface area contributed by atoms with Crippen molar-refractivity contribution in [2.45, 2.75) is 36.8 Å². The van der Waals surface area contributed by atoms with Gasteiger partial charge in [0.1, 0.15) is 12.4 Å². The summed E-state index contributed by atoms with van der Waals surface area (Å²) in [6.45, 7) is 7.47. The Bertz CT molecular complexity index is 1030. The number of carbonyl (C=O) groups is 1. The number of hydrogen-bond acceptors (Lipinski definition) is 4. The topological polar surface area (TPSA) is 72.5 Å². The number of sulfone groups is 1. The number of rotatable bonds is 9. The molecule has 0 bridgehead atoms. The lowest BCUT2D eigenvalue weighted by Crippen LogP contribution is -2.25. The Hall–Kier alpha value is -3.04. The maximum absolute atomic E-state index is 12.1. The Morgan fingerprint density at radius 3 is 2.50 bits per heavy atom. The summed E-state index contributed by atoms with van der Waals surface area (Å²) in [5.74, 6) is 6.33. The van der Waals surface area contributed by atoms with Gasteiger partial charge in [0.05, 0.1) is 23.1 Å².